The maximum absolute atomic E-state index is 13.1. The van der Waals surface area contributed by atoms with Gasteiger partial charge in [0.25, 0.3) is 5.91 Å². The molecule has 0 aromatic heterocycles. The number of carbonyl (C=O) groups excluding carboxylic acids is 1. The Morgan fingerprint density at radius 3 is 2.69 bits per heavy atom. The summed E-state index contributed by atoms with van der Waals surface area (Å²) in [4.78, 5) is 13.4. The van der Waals surface area contributed by atoms with Gasteiger partial charge < -0.3 is 4.90 Å². The zero-order valence-corrected chi connectivity index (χ0v) is 9.46. The zero-order chi connectivity index (χ0) is 12.1. The molecule has 84 valence electrons. The monoisotopic (exact) mass is 219 g/mol. The fourth-order valence-corrected chi connectivity index (χ4v) is 1.48. The lowest BCUT2D eigenvalue weighted by Gasteiger charge is -2.18. The molecule has 1 aromatic rings. The van der Waals surface area contributed by atoms with Crippen LogP contribution in [-0.2, 0) is 0 Å². The van der Waals surface area contributed by atoms with Gasteiger partial charge in [-0.15, -0.1) is 6.42 Å². The molecular weight excluding hydrogens is 205 g/mol. The van der Waals surface area contributed by atoms with Crippen LogP contribution in [0.4, 0.5) is 4.39 Å². The van der Waals surface area contributed by atoms with Crippen molar-refractivity contribution in [3.8, 4) is 12.3 Å². The zero-order valence-electron chi connectivity index (χ0n) is 9.46. The lowest BCUT2D eigenvalue weighted by Crippen LogP contribution is -2.31. The Morgan fingerprint density at radius 2 is 2.19 bits per heavy atom. The van der Waals surface area contributed by atoms with Gasteiger partial charge in [0, 0.05) is 12.1 Å². The first-order valence-corrected chi connectivity index (χ1v) is 5.08. The van der Waals surface area contributed by atoms with Crippen LogP contribution in [-0.4, -0.2) is 23.9 Å². The van der Waals surface area contributed by atoms with Crippen LogP contribution in [0.5, 0.6) is 0 Å². The molecule has 3 heteroatoms. The quantitative estimate of drug-likeness (QED) is 0.714. The molecule has 2 nitrogen and oxygen atoms in total. The van der Waals surface area contributed by atoms with E-state index in [1.54, 1.807) is 13.0 Å². The number of hydrogen-bond acceptors (Lipinski definition) is 1. The van der Waals surface area contributed by atoms with Crippen molar-refractivity contribution < 1.29 is 9.18 Å². The van der Waals surface area contributed by atoms with Crippen LogP contribution >= 0.6 is 0 Å². The van der Waals surface area contributed by atoms with Gasteiger partial charge in [-0.3, -0.25) is 4.79 Å². The number of hydrogen-bond donors (Lipinski definition) is 0. The topological polar surface area (TPSA) is 20.3 Å². The molecule has 0 saturated carbocycles. The van der Waals surface area contributed by atoms with Gasteiger partial charge in [-0.2, -0.15) is 0 Å². The second-order valence-electron chi connectivity index (χ2n) is 3.54. The minimum absolute atomic E-state index is 0.233. The van der Waals surface area contributed by atoms with E-state index in [9.17, 15) is 9.18 Å². The molecule has 0 atom stereocenters. The molecule has 0 aliphatic carbocycles. The predicted molar refractivity (Wildman–Crippen MR) is 61.5 cm³/mol. The number of benzene rings is 1. The molecule has 0 spiro atoms. The average Bonchev–Trinajstić information content (AvgIpc) is 2.23. The largest absolute Gasteiger partial charge is 0.328 e. The number of halogens is 1. The summed E-state index contributed by atoms with van der Waals surface area (Å²) in [6.07, 6.45) is 5.16. The normalized spacial score (nSPS) is 9.62. The smallest absolute Gasteiger partial charge is 0.254 e. The molecule has 0 radical (unpaired) electrons. The predicted octanol–water partition coefficient (Wildman–Crippen LogP) is 2.23. The summed E-state index contributed by atoms with van der Waals surface area (Å²) in [5, 5.41) is 0. The van der Waals surface area contributed by atoms with Gasteiger partial charge in [0.05, 0.1) is 6.54 Å². The first kappa shape index (κ1) is 12.3. The van der Waals surface area contributed by atoms with Crippen LogP contribution in [0, 0.1) is 25.1 Å². The van der Waals surface area contributed by atoms with Gasteiger partial charge in [0.1, 0.15) is 5.82 Å². The molecule has 0 fully saturated rings. The highest BCUT2D eigenvalue weighted by molar-refractivity contribution is 5.94. The van der Waals surface area contributed by atoms with E-state index in [-0.39, 0.29) is 12.5 Å². The Labute approximate surface area is 95.1 Å². The van der Waals surface area contributed by atoms with Gasteiger partial charge >= 0.3 is 0 Å². The molecule has 0 unspecified atom stereocenters. The molecule has 1 rings (SSSR count). The van der Waals surface area contributed by atoms with Crippen molar-refractivity contribution in [2.75, 3.05) is 13.1 Å². The Kier molecular flexibility index (Phi) is 4.07. The highest BCUT2D eigenvalue weighted by Crippen LogP contribution is 2.10. The van der Waals surface area contributed by atoms with Crippen molar-refractivity contribution in [3.05, 3.63) is 35.1 Å². The number of terminal acetylenes is 1. The fourth-order valence-electron chi connectivity index (χ4n) is 1.48. The highest BCUT2D eigenvalue weighted by Gasteiger charge is 2.14. The highest BCUT2D eigenvalue weighted by atomic mass is 19.1. The lowest BCUT2D eigenvalue weighted by atomic mass is 10.1. The van der Waals surface area contributed by atoms with Crippen molar-refractivity contribution in [1.29, 1.82) is 0 Å². The summed E-state index contributed by atoms with van der Waals surface area (Å²) in [7, 11) is 0. The van der Waals surface area contributed by atoms with Gasteiger partial charge in [-0.1, -0.05) is 5.92 Å². The van der Waals surface area contributed by atoms with E-state index in [0.717, 1.165) is 5.56 Å². The SMILES string of the molecule is C#CCN(CC)C(=O)c1cc(C)cc(F)c1. The number of nitrogens with zero attached hydrogens (tertiary/aromatic N) is 1. The Hall–Kier alpha value is -1.82. The summed E-state index contributed by atoms with van der Waals surface area (Å²) in [6, 6.07) is 4.27. The molecular formula is C13H14FNO. The molecule has 1 amide bonds. The second-order valence-corrected chi connectivity index (χ2v) is 3.54. The van der Waals surface area contributed by atoms with E-state index in [1.165, 1.54) is 17.0 Å². The minimum atomic E-state index is -0.403. The summed E-state index contributed by atoms with van der Waals surface area (Å²) < 4.78 is 13.1. The third-order valence-corrected chi connectivity index (χ3v) is 2.24. The first-order valence-electron chi connectivity index (χ1n) is 5.08. The second kappa shape index (κ2) is 5.32. The average molecular weight is 219 g/mol. The lowest BCUT2D eigenvalue weighted by molar-refractivity contribution is 0.0784. The van der Waals surface area contributed by atoms with Crippen molar-refractivity contribution >= 4 is 5.91 Å². The minimum Gasteiger partial charge on any atom is -0.328 e. The molecule has 0 bridgehead atoms. The summed E-state index contributed by atoms with van der Waals surface area (Å²) >= 11 is 0. The molecule has 0 aliphatic rings. The molecule has 16 heavy (non-hydrogen) atoms. The number of carbonyl (C=O) groups is 1. The van der Waals surface area contributed by atoms with Gasteiger partial charge in [-0.25, -0.2) is 4.39 Å². The molecule has 1 aromatic carbocycles. The Morgan fingerprint density at radius 1 is 1.50 bits per heavy atom. The van der Waals surface area contributed by atoms with E-state index >= 15 is 0 Å². The van der Waals surface area contributed by atoms with Crippen molar-refractivity contribution in [2.45, 2.75) is 13.8 Å². The van der Waals surface area contributed by atoms with E-state index < -0.39 is 5.82 Å². The molecule has 0 aliphatic heterocycles. The van der Waals surface area contributed by atoms with Crippen LogP contribution in [0.15, 0.2) is 18.2 Å². The van der Waals surface area contributed by atoms with Crippen molar-refractivity contribution in [1.82, 2.24) is 4.90 Å². The molecule has 0 saturated heterocycles. The fraction of sp³-hybridized carbons (Fsp3) is 0.308. The number of aryl methyl sites for hydroxylation is 1. The molecule has 0 heterocycles. The maximum atomic E-state index is 13.1. The van der Waals surface area contributed by atoms with E-state index in [4.69, 9.17) is 6.42 Å². The summed E-state index contributed by atoms with van der Waals surface area (Å²) in [5.41, 5.74) is 1.06. The Bertz CT molecular complexity index is 414. The van der Waals surface area contributed by atoms with E-state index in [0.29, 0.717) is 12.1 Å². The molecule has 0 N–H and O–H groups in total. The number of amides is 1. The third-order valence-electron chi connectivity index (χ3n) is 2.24. The van der Waals surface area contributed by atoms with Crippen LogP contribution in [0.2, 0.25) is 0 Å². The van der Waals surface area contributed by atoms with Crippen LogP contribution < -0.4 is 0 Å². The Balaban J connectivity index is 2.99. The van der Waals surface area contributed by atoms with Gasteiger partial charge in [0.15, 0.2) is 0 Å². The van der Waals surface area contributed by atoms with Crippen molar-refractivity contribution in [3.63, 3.8) is 0 Å². The summed E-state index contributed by atoms with van der Waals surface area (Å²) in [5.74, 6) is 1.77. The van der Waals surface area contributed by atoms with E-state index in [2.05, 4.69) is 5.92 Å². The van der Waals surface area contributed by atoms with Crippen LogP contribution in [0.25, 0.3) is 0 Å². The van der Waals surface area contributed by atoms with Gasteiger partial charge in [-0.05, 0) is 37.6 Å². The van der Waals surface area contributed by atoms with Gasteiger partial charge in [0.2, 0.25) is 0 Å². The standard InChI is InChI=1S/C13H14FNO/c1-4-6-15(5-2)13(16)11-7-10(3)8-12(14)9-11/h1,7-9H,5-6H2,2-3H3. The van der Waals surface area contributed by atoms with E-state index in [1.807, 2.05) is 6.92 Å². The third kappa shape index (κ3) is 2.83. The summed E-state index contributed by atoms with van der Waals surface area (Å²) in [6.45, 7) is 4.34. The van der Waals surface area contributed by atoms with Crippen LogP contribution in [0.3, 0.4) is 0 Å². The first-order chi connectivity index (χ1) is 7.58. The number of rotatable bonds is 3. The van der Waals surface area contributed by atoms with Crippen molar-refractivity contribution in [2.24, 2.45) is 0 Å². The maximum Gasteiger partial charge on any atom is 0.254 e. The van der Waals surface area contributed by atoms with Crippen LogP contribution in [0.1, 0.15) is 22.8 Å².